The van der Waals surface area contributed by atoms with Crippen molar-refractivity contribution in [2.45, 2.75) is 25.3 Å². The average Bonchev–Trinajstić information content (AvgIpc) is 3.23. The summed E-state index contributed by atoms with van der Waals surface area (Å²) in [5.41, 5.74) is 6.84. The molecule has 1 aliphatic heterocycles. The topological polar surface area (TPSA) is 67.6 Å². The average molecular weight is 289 g/mol. The van der Waals surface area contributed by atoms with Gasteiger partial charge in [0.15, 0.2) is 5.75 Å². The molecule has 21 heavy (non-hydrogen) atoms. The number of para-hydroxylation sites is 1. The van der Waals surface area contributed by atoms with Crippen LogP contribution in [0.15, 0.2) is 18.2 Å². The van der Waals surface area contributed by atoms with E-state index in [2.05, 4.69) is 10.2 Å². The Labute approximate surface area is 125 Å². The maximum atomic E-state index is 12.3. The van der Waals surface area contributed by atoms with E-state index in [9.17, 15) is 4.79 Å². The fraction of sp³-hybridized carbons (Fsp3) is 0.562. The molecule has 1 unspecified atom stereocenters. The van der Waals surface area contributed by atoms with Crippen LogP contribution in [0, 0.1) is 5.92 Å². The number of carbonyl (C=O) groups excluding carboxylic acids is 1. The number of methoxy groups -OCH3 is 1. The lowest BCUT2D eigenvalue weighted by atomic mass is 10.1. The summed E-state index contributed by atoms with van der Waals surface area (Å²) in [6.45, 7) is 3.01. The van der Waals surface area contributed by atoms with E-state index in [1.165, 1.54) is 32.9 Å². The van der Waals surface area contributed by atoms with Crippen LogP contribution in [0.3, 0.4) is 0 Å². The first-order valence-electron chi connectivity index (χ1n) is 7.63. The fourth-order valence-electron chi connectivity index (χ4n) is 3.09. The molecular weight excluding hydrogens is 266 g/mol. The lowest BCUT2D eigenvalue weighted by Crippen LogP contribution is -2.31. The molecule has 1 aliphatic carbocycles. The van der Waals surface area contributed by atoms with Crippen LogP contribution in [0.1, 0.15) is 29.6 Å². The Kier molecular flexibility index (Phi) is 4.01. The Morgan fingerprint density at radius 2 is 2.24 bits per heavy atom. The second-order valence-electron chi connectivity index (χ2n) is 6.02. The fourth-order valence-corrected chi connectivity index (χ4v) is 3.09. The van der Waals surface area contributed by atoms with Crippen molar-refractivity contribution in [3.05, 3.63) is 23.8 Å². The number of anilines is 1. The summed E-state index contributed by atoms with van der Waals surface area (Å²) in [6.07, 6.45) is 3.87. The predicted molar refractivity (Wildman–Crippen MR) is 82.4 cm³/mol. The van der Waals surface area contributed by atoms with Crippen molar-refractivity contribution >= 4 is 11.6 Å². The summed E-state index contributed by atoms with van der Waals surface area (Å²) in [5.74, 6) is 0.909. The molecule has 1 saturated carbocycles. The molecule has 2 fully saturated rings. The Morgan fingerprint density at radius 3 is 2.95 bits per heavy atom. The smallest absolute Gasteiger partial charge is 0.255 e. The number of hydrogen-bond acceptors (Lipinski definition) is 4. The van der Waals surface area contributed by atoms with Gasteiger partial charge in [-0.3, -0.25) is 4.79 Å². The van der Waals surface area contributed by atoms with Crippen LogP contribution < -0.4 is 15.8 Å². The maximum absolute atomic E-state index is 12.3. The first kappa shape index (κ1) is 14.2. The van der Waals surface area contributed by atoms with Crippen LogP contribution in [0.4, 0.5) is 5.69 Å². The number of nitrogens with two attached hydrogens (primary N) is 1. The zero-order valence-corrected chi connectivity index (χ0v) is 12.5. The number of nitrogen functional groups attached to an aromatic ring is 1. The summed E-state index contributed by atoms with van der Waals surface area (Å²) in [5, 5.41) is 3.02. The van der Waals surface area contributed by atoms with Gasteiger partial charge in [0.25, 0.3) is 5.91 Å². The highest BCUT2D eigenvalue weighted by atomic mass is 16.5. The van der Waals surface area contributed by atoms with Crippen LogP contribution in [0.5, 0.6) is 5.75 Å². The highest BCUT2D eigenvalue weighted by Gasteiger charge is 2.34. The first-order valence-corrected chi connectivity index (χ1v) is 7.63. The quantitative estimate of drug-likeness (QED) is 0.806. The Morgan fingerprint density at radius 1 is 1.43 bits per heavy atom. The van der Waals surface area contributed by atoms with Gasteiger partial charge < -0.3 is 20.7 Å². The molecule has 1 saturated heterocycles. The minimum Gasteiger partial charge on any atom is -0.494 e. The van der Waals surface area contributed by atoms with Gasteiger partial charge in [-0.1, -0.05) is 6.07 Å². The van der Waals surface area contributed by atoms with E-state index >= 15 is 0 Å². The number of carbonyl (C=O) groups is 1. The lowest BCUT2D eigenvalue weighted by molar-refractivity contribution is 0.0944. The standard InChI is InChI=1S/C16H23N3O2/c1-21-15-13(3-2-4-14(15)17)16(20)18-9-11-7-8-19(10-11)12-5-6-12/h2-4,11-12H,5-10,17H2,1H3,(H,18,20). The number of nitrogens with zero attached hydrogens (tertiary/aromatic N) is 1. The largest absolute Gasteiger partial charge is 0.494 e. The van der Waals surface area contributed by atoms with Gasteiger partial charge in [0.05, 0.1) is 18.4 Å². The van der Waals surface area contributed by atoms with E-state index in [-0.39, 0.29) is 5.91 Å². The monoisotopic (exact) mass is 289 g/mol. The highest BCUT2D eigenvalue weighted by Crippen LogP contribution is 2.31. The molecular formula is C16H23N3O2. The molecule has 1 atom stereocenters. The molecule has 0 radical (unpaired) electrons. The second-order valence-corrected chi connectivity index (χ2v) is 6.02. The van der Waals surface area contributed by atoms with Crippen LogP contribution in [-0.2, 0) is 0 Å². The van der Waals surface area contributed by atoms with Crippen LogP contribution in [-0.4, -0.2) is 43.6 Å². The summed E-state index contributed by atoms with van der Waals surface area (Å²) >= 11 is 0. The normalized spacial score (nSPS) is 22.2. The number of amides is 1. The third-order valence-electron chi connectivity index (χ3n) is 4.43. The molecule has 0 bridgehead atoms. The minimum atomic E-state index is -0.107. The van der Waals surface area contributed by atoms with E-state index in [0.717, 1.165) is 19.1 Å². The van der Waals surface area contributed by atoms with Crippen LogP contribution in [0.25, 0.3) is 0 Å². The molecule has 5 heteroatoms. The molecule has 5 nitrogen and oxygen atoms in total. The molecule has 1 aromatic carbocycles. The Hall–Kier alpha value is -1.75. The molecule has 2 aliphatic rings. The van der Waals surface area contributed by atoms with Crippen molar-refractivity contribution in [1.29, 1.82) is 0 Å². The maximum Gasteiger partial charge on any atom is 0.255 e. The summed E-state index contributed by atoms with van der Waals surface area (Å²) in [6, 6.07) is 6.08. The number of ether oxygens (including phenoxy) is 1. The van der Waals surface area contributed by atoms with Gasteiger partial charge in [-0.25, -0.2) is 0 Å². The molecule has 0 spiro atoms. The van der Waals surface area contributed by atoms with E-state index in [0.29, 0.717) is 22.9 Å². The molecule has 1 amide bonds. The predicted octanol–water partition coefficient (Wildman–Crippen LogP) is 1.49. The van der Waals surface area contributed by atoms with Crippen molar-refractivity contribution in [2.24, 2.45) is 5.92 Å². The van der Waals surface area contributed by atoms with Gasteiger partial charge >= 0.3 is 0 Å². The number of benzene rings is 1. The zero-order valence-electron chi connectivity index (χ0n) is 12.5. The molecule has 3 N–H and O–H groups in total. The number of nitrogens with one attached hydrogen (secondary N) is 1. The summed E-state index contributed by atoms with van der Waals surface area (Å²) in [4.78, 5) is 14.9. The summed E-state index contributed by atoms with van der Waals surface area (Å²) < 4.78 is 5.23. The number of likely N-dealkylation sites (tertiary alicyclic amines) is 1. The van der Waals surface area contributed by atoms with Crippen LogP contribution >= 0.6 is 0 Å². The lowest BCUT2D eigenvalue weighted by Gasteiger charge is -2.16. The second kappa shape index (κ2) is 5.93. The molecule has 0 aromatic heterocycles. The highest BCUT2D eigenvalue weighted by molar-refractivity contribution is 5.98. The van der Waals surface area contributed by atoms with Gasteiger partial charge in [-0.2, -0.15) is 0 Å². The van der Waals surface area contributed by atoms with E-state index in [4.69, 9.17) is 10.5 Å². The third-order valence-corrected chi connectivity index (χ3v) is 4.43. The summed E-state index contributed by atoms with van der Waals surface area (Å²) in [7, 11) is 1.53. The molecule has 1 aromatic rings. The first-order chi connectivity index (χ1) is 10.2. The minimum absolute atomic E-state index is 0.107. The third kappa shape index (κ3) is 3.13. The SMILES string of the molecule is COc1c(N)cccc1C(=O)NCC1CCN(C2CC2)C1. The zero-order chi connectivity index (χ0) is 14.8. The Balaban J connectivity index is 1.56. The molecule has 3 rings (SSSR count). The van der Waals surface area contributed by atoms with E-state index < -0.39 is 0 Å². The van der Waals surface area contributed by atoms with Crippen LogP contribution in [0.2, 0.25) is 0 Å². The van der Waals surface area contributed by atoms with Crippen molar-refractivity contribution in [2.75, 3.05) is 32.5 Å². The van der Waals surface area contributed by atoms with Crippen molar-refractivity contribution in [3.8, 4) is 5.75 Å². The molecule has 114 valence electrons. The van der Waals surface area contributed by atoms with Gasteiger partial charge in [0.1, 0.15) is 0 Å². The number of hydrogen-bond donors (Lipinski definition) is 2. The van der Waals surface area contributed by atoms with Gasteiger partial charge in [0.2, 0.25) is 0 Å². The van der Waals surface area contributed by atoms with E-state index in [1.54, 1.807) is 18.2 Å². The molecule has 1 heterocycles. The Bertz CT molecular complexity index is 528. The van der Waals surface area contributed by atoms with Crippen molar-refractivity contribution in [1.82, 2.24) is 10.2 Å². The van der Waals surface area contributed by atoms with Gasteiger partial charge in [-0.15, -0.1) is 0 Å². The van der Waals surface area contributed by atoms with Crippen molar-refractivity contribution in [3.63, 3.8) is 0 Å². The van der Waals surface area contributed by atoms with Gasteiger partial charge in [0, 0.05) is 19.1 Å². The number of rotatable bonds is 5. The van der Waals surface area contributed by atoms with Crippen molar-refractivity contribution < 1.29 is 9.53 Å². The van der Waals surface area contributed by atoms with E-state index in [1.807, 2.05) is 0 Å². The van der Waals surface area contributed by atoms with Gasteiger partial charge in [-0.05, 0) is 43.9 Å².